The third kappa shape index (κ3) is 2.22. The van der Waals surface area contributed by atoms with Crippen molar-refractivity contribution in [3.63, 3.8) is 0 Å². The molecule has 1 aromatic rings. The van der Waals surface area contributed by atoms with Crippen molar-refractivity contribution in [2.24, 2.45) is 5.41 Å². The van der Waals surface area contributed by atoms with Gasteiger partial charge in [0.2, 0.25) is 0 Å². The van der Waals surface area contributed by atoms with Crippen LogP contribution in [0.15, 0.2) is 11.4 Å². The van der Waals surface area contributed by atoms with Crippen molar-refractivity contribution in [3.8, 4) is 6.07 Å². The molecule has 0 spiro atoms. The lowest BCUT2D eigenvalue weighted by Gasteiger charge is -2.21. The van der Waals surface area contributed by atoms with E-state index in [1.54, 1.807) is 25.3 Å². The Kier molecular flexibility index (Phi) is 2.97. The maximum absolute atomic E-state index is 9.79. The summed E-state index contributed by atoms with van der Waals surface area (Å²) >= 11 is 7.08. The maximum atomic E-state index is 9.79. The highest BCUT2D eigenvalue weighted by atomic mass is 35.5. The highest BCUT2D eigenvalue weighted by molar-refractivity contribution is 7.10. The van der Waals surface area contributed by atoms with Gasteiger partial charge in [-0.2, -0.15) is 5.26 Å². The van der Waals surface area contributed by atoms with Gasteiger partial charge in [-0.25, -0.2) is 0 Å². The lowest BCUT2D eigenvalue weighted by Crippen LogP contribution is -2.18. The molecule has 1 rings (SSSR count). The van der Waals surface area contributed by atoms with E-state index >= 15 is 0 Å². The van der Waals surface area contributed by atoms with Gasteiger partial charge in [-0.15, -0.1) is 11.3 Å². The van der Waals surface area contributed by atoms with Crippen LogP contribution in [0.25, 0.3) is 0 Å². The zero-order chi connectivity index (χ0) is 10.1. The van der Waals surface area contributed by atoms with E-state index in [0.29, 0.717) is 5.02 Å². The molecular weight excluding hydrogens is 206 g/mol. The van der Waals surface area contributed by atoms with E-state index in [1.165, 1.54) is 11.3 Å². The fourth-order valence-electron chi connectivity index (χ4n) is 0.888. The summed E-state index contributed by atoms with van der Waals surface area (Å²) in [7, 11) is 0. The number of nitriles is 1. The van der Waals surface area contributed by atoms with Crippen LogP contribution in [0.3, 0.4) is 0 Å². The van der Waals surface area contributed by atoms with Crippen LogP contribution in [-0.4, -0.2) is 5.11 Å². The molecule has 0 aliphatic heterocycles. The molecule has 1 aromatic heterocycles. The van der Waals surface area contributed by atoms with Crippen molar-refractivity contribution in [3.05, 3.63) is 21.3 Å². The number of halogens is 1. The summed E-state index contributed by atoms with van der Waals surface area (Å²) in [5.74, 6) is 0. The van der Waals surface area contributed by atoms with E-state index < -0.39 is 11.5 Å². The highest BCUT2D eigenvalue weighted by Crippen LogP contribution is 2.36. The molecule has 4 heteroatoms. The van der Waals surface area contributed by atoms with Crippen LogP contribution < -0.4 is 0 Å². The van der Waals surface area contributed by atoms with Gasteiger partial charge in [-0.3, -0.25) is 0 Å². The predicted octanol–water partition coefficient (Wildman–Crippen LogP) is 2.98. The average Bonchev–Trinajstić information content (AvgIpc) is 2.50. The molecule has 1 N–H and O–H groups in total. The second-order valence-electron chi connectivity index (χ2n) is 3.40. The number of hydrogen-bond acceptors (Lipinski definition) is 3. The third-order valence-corrected chi connectivity index (χ3v) is 3.16. The van der Waals surface area contributed by atoms with E-state index in [9.17, 15) is 5.11 Å². The minimum Gasteiger partial charge on any atom is -0.386 e. The molecule has 2 nitrogen and oxygen atoms in total. The number of aliphatic hydroxyl groups is 1. The Labute approximate surface area is 86.4 Å². The first-order valence-electron chi connectivity index (χ1n) is 3.80. The quantitative estimate of drug-likeness (QED) is 0.825. The van der Waals surface area contributed by atoms with E-state index in [4.69, 9.17) is 16.9 Å². The number of hydrogen-bond donors (Lipinski definition) is 1. The number of thiophene rings is 1. The standard InChI is InChI=1S/C9H10ClNOS/c1-9(2,5-11)8(12)7-3-6(10)4-13-7/h3-4,8,12H,1-2H3. The molecular formula is C9H10ClNOS. The molecule has 1 atom stereocenters. The minimum atomic E-state index is -0.770. The molecule has 0 aliphatic rings. The van der Waals surface area contributed by atoms with Gasteiger partial charge >= 0.3 is 0 Å². The Hall–Kier alpha value is -0.560. The number of rotatable bonds is 2. The maximum Gasteiger partial charge on any atom is 0.106 e. The first kappa shape index (κ1) is 10.5. The molecule has 1 heterocycles. The lowest BCUT2D eigenvalue weighted by molar-refractivity contribution is 0.0901. The summed E-state index contributed by atoms with van der Waals surface area (Å²) in [6.45, 7) is 3.40. The summed E-state index contributed by atoms with van der Waals surface area (Å²) in [6.07, 6.45) is -0.769. The zero-order valence-corrected chi connectivity index (χ0v) is 8.99. The van der Waals surface area contributed by atoms with Crippen LogP contribution in [0.5, 0.6) is 0 Å². The summed E-state index contributed by atoms with van der Waals surface area (Å²) in [6, 6.07) is 3.75. The second-order valence-corrected chi connectivity index (χ2v) is 4.78. The molecule has 0 saturated carbocycles. The highest BCUT2D eigenvalue weighted by Gasteiger charge is 2.29. The van der Waals surface area contributed by atoms with E-state index in [-0.39, 0.29) is 0 Å². The molecule has 1 unspecified atom stereocenters. The SMILES string of the molecule is CC(C)(C#N)C(O)c1cc(Cl)cs1. The Balaban J connectivity index is 2.92. The van der Waals surface area contributed by atoms with Gasteiger partial charge in [0.05, 0.1) is 16.5 Å². The molecule has 0 aliphatic carbocycles. The van der Waals surface area contributed by atoms with Gasteiger partial charge in [0.15, 0.2) is 0 Å². The number of aliphatic hydroxyl groups excluding tert-OH is 1. The molecule has 13 heavy (non-hydrogen) atoms. The summed E-state index contributed by atoms with van der Waals surface area (Å²) in [5.41, 5.74) is -0.770. The Morgan fingerprint density at radius 2 is 2.31 bits per heavy atom. The van der Waals surface area contributed by atoms with Crippen molar-refractivity contribution < 1.29 is 5.11 Å². The van der Waals surface area contributed by atoms with Crippen LogP contribution in [0.2, 0.25) is 5.02 Å². The van der Waals surface area contributed by atoms with Crippen molar-refractivity contribution in [1.29, 1.82) is 5.26 Å². The number of nitrogens with zero attached hydrogens (tertiary/aromatic N) is 1. The molecule has 0 bridgehead atoms. The monoisotopic (exact) mass is 215 g/mol. The Morgan fingerprint density at radius 3 is 2.69 bits per heavy atom. The van der Waals surface area contributed by atoms with Crippen LogP contribution >= 0.6 is 22.9 Å². The third-order valence-electron chi connectivity index (χ3n) is 1.83. The van der Waals surface area contributed by atoms with Gasteiger partial charge < -0.3 is 5.11 Å². The van der Waals surface area contributed by atoms with E-state index in [1.807, 2.05) is 0 Å². The van der Waals surface area contributed by atoms with Crippen LogP contribution in [0.1, 0.15) is 24.8 Å². The predicted molar refractivity (Wildman–Crippen MR) is 53.7 cm³/mol. The van der Waals surface area contributed by atoms with Gasteiger partial charge in [-0.1, -0.05) is 11.6 Å². The van der Waals surface area contributed by atoms with E-state index in [0.717, 1.165) is 4.88 Å². The minimum absolute atomic E-state index is 0.604. The first-order valence-corrected chi connectivity index (χ1v) is 5.06. The van der Waals surface area contributed by atoms with Gasteiger partial charge in [0.1, 0.15) is 6.10 Å². The molecule has 0 radical (unpaired) electrons. The van der Waals surface area contributed by atoms with Crippen molar-refractivity contribution in [1.82, 2.24) is 0 Å². The topological polar surface area (TPSA) is 44.0 Å². The normalized spacial score (nSPS) is 13.8. The fraction of sp³-hybridized carbons (Fsp3) is 0.444. The van der Waals surface area contributed by atoms with Gasteiger partial charge in [0.25, 0.3) is 0 Å². The fourth-order valence-corrected chi connectivity index (χ4v) is 2.14. The summed E-state index contributed by atoms with van der Waals surface area (Å²) in [4.78, 5) is 0.733. The van der Waals surface area contributed by atoms with Gasteiger partial charge in [0, 0.05) is 10.3 Å². The zero-order valence-electron chi connectivity index (χ0n) is 7.41. The Bertz CT molecular complexity index is 340. The first-order chi connectivity index (χ1) is 5.97. The smallest absolute Gasteiger partial charge is 0.106 e. The molecule has 0 saturated heterocycles. The molecule has 70 valence electrons. The largest absolute Gasteiger partial charge is 0.386 e. The van der Waals surface area contributed by atoms with Crippen molar-refractivity contribution >= 4 is 22.9 Å². The van der Waals surface area contributed by atoms with Crippen molar-refractivity contribution in [2.45, 2.75) is 20.0 Å². The molecule has 0 aromatic carbocycles. The average molecular weight is 216 g/mol. The molecule has 0 fully saturated rings. The van der Waals surface area contributed by atoms with Crippen LogP contribution in [0.4, 0.5) is 0 Å². The summed E-state index contributed by atoms with van der Waals surface area (Å²) in [5, 5.41) is 20.9. The van der Waals surface area contributed by atoms with E-state index in [2.05, 4.69) is 6.07 Å². The molecule has 0 amide bonds. The summed E-state index contributed by atoms with van der Waals surface area (Å²) < 4.78 is 0. The lowest BCUT2D eigenvalue weighted by atomic mass is 9.87. The second kappa shape index (κ2) is 3.67. The van der Waals surface area contributed by atoms with Crippen LogP contribution in [0, 0.1) is 16.7 Å². The van der Waals surface area contributed by atoms with Crippen molar-refractivity contribution in [2.75, 3.05) is 0 Å². The van der Waals surface area contributed by atoms with Crippen LogP contribution in [-0.2, 0) is 0 Å². The van der Waals surface area contributed by atoms with Gasteiger partial charge in [-0.05, 0) is 19.9 Å². The Morgan fingerprint density at radius 1 is 1.69 bits per heavy atom.